The van der Waals surface area contributed by atoms with Crippen molar-refractivity contribution in [2.75, 3.05) is 39.8 Å². The molecule has 1 aliphatic rings. The second-order valence-electron chi connectivity index (χ2n) is 8.32. The maximum atomic E-state index is 12.8. The van der Waals surface area contributed by atoms with Crippen LogP contribution in [0.4, 0.5) is 13.2 Å². The van der Waals surface area contributed by atoms with E-state index in [4.69, 9.17) is 0 Å². The van der Waals surface area contributed by atoms with E-state index in [0.29, 0.717) is 23.7 Å². The van der Waals surface area contributed by atoms with E-state index in [0.717, 1.165) is 38.4 Å². The molecule has 1 aliphatic heterocycles. The third kappa shape index (κ3) is 5.43. The van der Waals surface area contributed by atoms with E-state index in [9.17, 15) is 18.0 Å². The summed E-state index contributed by atoms with van der Waals surface area (Å²) in [6, 6.07) is 2.42. The van der Waals surface area contributed by atoms with E-state index >= 15 is 0 Å². The van der Waals surface area contributed by atoms with Crippen LogP contribution in [0.25, 0.3) is 5.82 Å². The predicted molar refractivity (Wildman–Crippen MR) is 111 cm³/mol. The molecule has 3 rings (SSSR count). The third-order valence-corrected chi connectivity index (χ3v) is 5.79. The highest BCUT2D eigenvalue weighted by molar-refractivity contribution is 5.95. The van der Waals surface area contributed by atoms with Crippen LogP contribution in [0.15, 0.2) is 24.5 Å². The van der Waals surface area contributed by atoms with Gasteiger partial charge in [-0.2, -0.15) is 18.3 Å². The topological polar surface area (TPSA) is 66.3 Å². The minimum atomic E-state index is -4.45. The zero-order chi connectivity index (χ0) is 22.8. The Labute approximate surface area is 180 Å². The number of carbonyl (C=O) groups excluding carboxylic acids is 1. The van der Waals surface area contributed by atoms with Gasteiger partial charge in [0.25, 0.3) is 5.91 Å². The van der Waals surface area contributed by atoms with Crippen molar-refractivity contribution in [1.29, 1.82) is 0 Å². The van der Waals surface area contributed by atoms with E-state index in [2.05, 4.69) is 46.1 Å². The van der Waals surface area contributed by atoms with E-state index in [1.807, 2.05) is 0 Å². The Kier molecular flexibility index (Phi) is 7.00. The van der Waals surface area contributed by atoms with Crippen molar-refractivity contribution < 1.29 is 18.0 Å². The first kappa shape index (κ1) is 23.2. The summed E-state index contributed by atoms with van der Waals surface area (Å²) in [5.74, 6) is 0.348. The Morgan fingerprint density at radius 3 is 2.39 bits per heavy atom. The van der Waals surface area contributed by atoms with Gasteiger partial charge in [0.1, 0.15) is 0 Å². The zero-order valence-corrected chi connectivity index (χ0v) is 18.3. The van der Waals surface area contributed by atoms with Crippen molar-refractivity contribution in [1.82, 2.24) is 29.9 Å². The van der Waals surface area contributed by atoms with Gasteiger partial charge in [0.15, 0.2) is 5.82 Å². The first-order valence-electron chi connectivity index (χ1n) is 10.4. The summed E-state index contributed by atoms with van der Waals surface area (Å²) in [5.41, 5.74) is 0.0655. The van der Waals surface area contributed by atoms with E-state index in [1.54, 1.807) is 6.92 Å². The second-order valence-corrected chi connectivity index (χ2v) is 8.32. The summed E-state index contributed by atoms with van der Waals surface area (Å²) in [5, 5.41) is 7.16. The maximum absolute atomic E-state index is 12.8. The Morgan fingerprint density at radius 2 is 1.84 bits per heavy atom. The highest BCUT2D eigenvalue weighted by Gasteiger charge is 2.31. The van der Waals surface area contributed by atoms with E-state index in [1.165, 1.54) is 16.9 Å². The molecule has 0 saturated carbocycles. The minimum absolute atomic E-state index is 0.224. The summed E-state index contributed by atoms with van der Waals surface area (Å²) >= 11 is 0. The molecule has 1 amide bonds. The van der Waals surface area contributed by atoms with Crippen LogP contribution in [0, 0.1) is 12.8 Å². The quantitative estimate of drug-likeness (QED) is 0.751. The third-order valence-electron chi connectivity index (χ3n) is 5.79. The first-order valence-corrected chi connectivity index (χ1v) is 10.4. The van der Waals surface area contributed by atoms with E-state index < -0.39 is 11.7 Å². The molecule has 0 bridgehead atoms. The SMILES string of the molecule is Cc1c(C(=O)NC[C@@H](C(C)C)N2CCN(C)CC2)cnn1-c1ccc(C(F)(F)F)cn1. The van der Waals surface area contributed by atoms with Crippen LogP contribution in [-0.4, -0.2) is 76.3 Å². The van der Waals surface area contributed by atoms with Gasteiger partial charge in [-0.25, -0.2) is 9.67 Å². The number of hydrogen-bond acceptors (Lipinski definition) is 5. The molecule has 2 aromatic heterocycles. The number of likely N-dealkylation sites (N-methyl/N-ethyl adjacent to an activating group) is 1. The Bertz CT molecular complexity index is 886. The lowest BCUT2D eigenvalue weighted by Crippen LogP contribution is -2.54. The van der Waals surface area contributed by atoms with Gasteiger partial charge in [-0.3, -0.25) is 9.69 Å². The molecule has 31 heavy (non-hydrogen) atoms. The summed E-state index contributed by atoms with van der Waals surface area (Å²) < 4.78 is 39.6. The number of piperazine rings is 1. The van der Waals surface area contributed by atoms with Crippen molar-refractivity contribution in [3.8, 4) is 5.82 Å². The molecule has 10 heteroatoms. The highest BCUT2D eigenvalue weighted by Crippen LogP contribution is 2.28. The number of rotatable bonds is 6. The molecule has 1 atom stereocenters. The van der Waals surface area contributed by atoms with Crippen molar-refractivity contribution in [3.63, 3.8) is 0 Å². The molecular weight excluding hydrogens is 409 g/mol. The van der Waals surface area contributed by atoms with Gasteiger partial charge in [-0.1, -0.05) is 13.8 Å². The number of aromatic nitrogens is 3. The molecule has 0 spiro atoms. The Hall–Kier alpha value is -2.46. The number of pyridine rings is 1. The normalized spacial score (nSPS) is 17.2. The molecule has 0 aromatic carbocycles. The molecule has 3 heterocycles. The fraction of sp³-hybridized carbons (Fsp3) is 0.571. The summed E-state index contributed by atoms with van der Waals surface area (Å²) in [4.78, 5) is 21.4. The lowest BCUT2D eigenvalue weighted by molar-refractivity contribution is -0.137. The lowest BCUT2D eigenvalue weighted by Gasteiger charge is -2.39. The molecule has 1 N–H and O–H groups in total. The molecule has 0 aliphatic carbocycles. The van der Waals surface area contributed by atoms with Crippen molar-refractivity contribution in [3.05, 3.63) is 41.3 Å². The maximum Gasteiger partial charge on any atom is 0.417 e. The smallest absolute Gasteiger partial charge is 0.350 e. The fourth-order valence-corrected chi connectivity index (χ4v) is 3.78. The summed E-state index contributed by atoms with van der Waals surface area (Å²) in [6.45, 7) is 10.4. The average Bonchev–Trinajstić information content (AvgIpc) is 3.10. The van der Waals surface area contributed by atoms with Crippen LogP contribution in [-0.2, 0) is 6.18 Å². The lowest BCUT2D eigenvalue weighted by atomic mass is 10.0. The Morgan fingerprint density at radius 1 is 1.16 bits per heavy atom. The van der Waals surface area contributed by atoms with Crippen LogP contribution < -0.4 is 5.32 Å². The monoisotopic (exact) mass is 438 g/mol. The molecule has 0 radical (unpaired) electrons. The van der Waals surface area contributed by atoms with Gasteiger partial charge in [0.2, 0.25) is 0 Å². The van der Waals surface area contributed by atoms with Crippen molar-refractivity contribution in [2.24, 2.45) is 5.92 Å². The molecular formula is C21H29F3N6O. The molecule has 2 aromatic rings. The predicted octanol–water partition coefficient (Wildman–Crippen LogP) is 2.60. The Balaban J connectivity index is 1.68. The van der Waals surface area contributed by atoms with Gasteiger partial charge >= 0.3 is 6.18 Å². The van der Waals surface area contributed by atoms with Crippen molar-refractivity contribution >= 4 is 5.91 Å². The standard InChI is InChI=1S/C21H29F3N6O/c1-14(2)18(29-9-7-28(4)8-10-29)13-26-20(31)17-12-27-30(15(17)3)19-6-5-16(11-25-19)21(22,23)24/h5-6,11-12,14,18H,7-10,13H2,1-4H3,(H,26,31)/t18-/m0/s1. The van der Waals surface area contributed by atoms with E-state index in [-0.39, 0.29) is 17.8 Å². The number of nitrogens with zero attached hydrogens (tertiary/aromatic N) is 5. The van der Waals surface area contributed by atoms with Crippen molar-refractivity contribution in [2.45, 2.75) is 33.0 Å². The van der Waals surface area contributed by atoms with Crippen LogP contribution in [0.5, 0.6) is 0 Å². The number of halogens is 3. The highest BCUT2D eigenvalue weighted by atomic mass is 19.4. The molecule has 0 unspecified atom stereocenters. The summed E-state index contributed by atoms with van der Waals surface area (Å²) in [6.07, 6.45) is -2.27. The molecule has 170 valence electrons. The molecule has 7 nitrogen and oxygen atoms in total. The summed E-state index contributed by atoms with van der Waals surface area (Å²) in [7, 11) is 2.11. The van der Waals surface area contributed by atoms with Gasteiger partial charge in [0.05, 0.1) is 23.0 Å². The number of nitrogens with one attached hydrogen (secondary N) is 1. The molecule has 1 fully saturated rings. The minimum Gasteiger partial charge on any atom is -0.350 e. The fourth-order valence-electron chi connectivity index (χ4n) is 3.78. The number of hydrogen-bond donors (Lipinski definition) is 1. The van der Waals surface area contributed by atoms with Gasteiger partial charge in [0, 0.05) is 45.0 Å². The van der Waals surface area contributed by atoms with Crippen LogP contribution in [0.1, 0.15) is 35.5 Å². The van der Waals surface area contributed by atoms with Crippen LogP contribution in [0.3, 0.4) is 0 Å². The van der Waals surface area contributed by atoms with Crippen LogP contribution >= 0.6 is 0 Å². The zero-order valence-electron chi connectivity index (χ0n) is 18.3. The first-order chi connectivity index (χ1) is 14.6. The van der Waals surface area contributed by atoms with Crippen LogP contribution in [0.2, 0.25) is 0 Å². The average molecular weight is 438 g/mol. The van der Waals surface area contributed by atoms with Gasteiger partial charge < -0.3 is 10.2 Å². The number of carbonyl (C=O) groups is 1. The number of alkyl halides is 3. The van der Waals surface area contributed by atoms with Gasteiger partial charge in [-0.05, 0) is 32.0 Å². The second kappa shape index (κ2) is 9.35. The molecule has 1 saturated heterocycles. The number of amides is 1. The van der Waals surface area contributed by atoms with Gasteiger partial charge in [-0.15, -0.1) is 0 Å². The largest absolute Gasteiger partial charge is 0.417 e.